The molecular weight excluding hydrogens is 329 g/mol. The van der Waals surface area contributed by atoms with Crippen LogP contribution < -0.4 is 0 Å². The van der Waals surface area contributed by atoms with Gasteiger partial charge in [-0.1, -0.05) is 11.6 Å². The van der Waals surface area contributed by atoms with Crippen molar-refractivity contribution in [2.75, 3.05) is 32.7 Å². The van der Waals surface area contributed by atoms with Crippen molar-refractivity contribution in [2.24, 2.45) is 5.92 Å². The SMILES string of the molecule is C[C@H](C#N)CN1CCN(S(=O)(=O)c2ccc(F)c(Cl)c2)CC1. The van der Waals surface area contributed by atoms with Crippen LogP contribution in [0.3, 0.4) is 0 Å². The standard InChI is InChI=1S/C14H17ClFN3O2S/c1-11(9-17)10-18-4-6-19(7-5-18)22(20,21)12-2-3-14(16)13(15)8-12/h2-3,8,11H,4-7,10H2,1H3/t11-/m1/s1. The van der Waals surface area contributed by atoms with Gasteiger partial charge < -0.3 is 0 Å². The maximum Gasteiger partial charge on any atom is 0.243 e. The normalized spacial score (nSPS) is 18.8. The van der Waals surface area contributed by atoms with E-state index in [4.69, 9.17) is 16.9 Å². The fourth-order valence-electron chi connectivity index (χ4n) is 2.37. The van der Waals surface area contributed by atoms with Crippen LogP contribution >= 0.6 is 11.6 Å². The Bertz CT molecular complexity index is 682. The molecule has 0 amide bonds. The van der Waals surface area contributed by atoms with Gasteiger partial charge in [0, 0.05) is 32.7 Å². The molecule has 1 aliphatic heterocycles. The Morgan fingerprint density at radius 3 is 2.55 bits per heavy atom. The molecule has 0 aromatic heterocycles. The molecule has 120 valence electrons. The quantitative estimate of drug-likeness (QED) is 0.836. The fourth-order valence-corrected chi connectivity index (χ4v) is 4.06. The van der Waals surface area contributed by atoms with E-state index < -0.39 is 15.8 Å². The predicted octanol–water partition coefficient (Wildman–Crippen LogP) is 1.95. The first-order valence-corrected chi connectivity index (χ1v) is 8.73. The molecule has 0 bridgehead atoms. The number of nitrogens with zero attached hydrogens (tertiary/aromatic N) is 3. The number of rotatable bonds is 4. The number of sulfonamides is 1. The molecule has 0 radical (unpaired) electrons. The van der Waals surface area contributed by atoms with E-state index in [-0.39, 0.29) is 15.8 Å². The van der Waals surface area contributed by atoms with Crippen LogP contribution in [-0.4, -0.2) is 50.3 Å². The number of piperazine rings is 1. The van der Waals surface area contributed by atoms with Crippen LogP contribution in [0, 0.1) is 23.1 Å². The average molecular weight is 346 g/mol. The molecule has 1 aliphatic rings. The second-order valence-electron chi connectivity index (χ2n) is 5.31. The van der Waals surface area contributed by atoms with Crippen LogP contribution in [0.2, 0.25) is 5.02 Å². The van der Waals surface area contributed by atoms with Gasteiger partial charge in [0.05, 0.1) is 21.9 Å². The summed E-state index contributed by atoms with van der Waals surface area (Å²) < 4.78 is 39.5. The molecule has 8 heteroatoms. The Morgan fingerprint density at radius 2 is 2.00 bits per heavy atom. The summed E-state index contributed by atoms with van der Waals surface area (Å²) in [5.41, 5.74) is 0. The van der Waals surface area contributed by atoms with Crippen LogP contribution in [-0.2, 0) is 10.0 Å². The third-order valence-electron chi connectivity index (χ3n) is 3.61. The summed E-state index contributed by atoms with van der Waals surface area (Å²) in [4.78, 5) is 2.06. The monoisotopic (exact) mass is 345 g/mol. The molecule has 1 fully saturated rings. The van der Waals surface area contributed by atoms with E-state index in [1.54, 1.807) is 0 Å². The Hall–Kier alpha value is -1.20. The summed E-state index contributed by atoms with van der Waals surface area (Å²) >= 11 is 5.66. The van der Waals surface area contributed by atoms with E-state index >= 15 is 0 Å². The summed E-state index contributed by atoms with van der Waals surface area (Å²) in [7, 11) is -3.67. The second-order valence-corrected chi connectivity index (χ2v) is 7.66. The molecular formula is C14H17ClFN3O2S. The molecule has 0 aliphatic carbocycles. The molecule has 22 heavy (non-hydrogen) atoms. The minimum atomic E-state index is -3.67. The first-order valence-electron chi connectivity index (χ1n) is 6.92. The van der Waals surface area contributed by atoms with Gasteiger partial charge in [-0.2, -0.15) is 9.57 Å². The first-order chi connectivity index (χ1) is 10.3. The van der Waals surface area contributed by atoms with Gasteiger partial charge in [-0.25, -0.2) is 12.8 Å². The highest BCUT2D eigenvalue weighted by Crippen LogP contribution is 2.23. The third kappa shape index (κ3) is 3.76. The van der Waals surface area contributed by atoms with Crippen LogP contribution in [0.5, 0.6) is 0 Å². The number of hydrogen-bond acceptors (Lipinski definition) is 4. The zero-order chi connectivity index (χ0) is 16.3. The van der Waals surface area contributed by atoms with Crippen molar-refractivity contribution >= 4 is 21.6 Å². The lowest BCUT2D eigenvalue weighted by molar-refractivity contribution is 0.178. The molecule has 5 nitrogen and oxygen atoms in total. The molecule has 2 rings (SSSR count). The first kappa shape index (κ1) is 17.2. The van der Waals surface area contributed by atoms with E-state index in [1.165, 1.54) is 10.4 Å². The van der Waals surface area contributed by atoms with Crippen molar-refractivity contribution in [1.82, 2.24) is 9.21 Å². The van der Waals surface area contributed by atoms with Crippen LogP contribution in [0.15, 0.2) is 23.1 Å². The molecule has 0 spiro atoms. The lowest BCUT2D eigenvalue weighted by atomic mass is 10.2. The van der Waals surface area contributed by atoms with E-state index in [1.807, 2.05) is 6.92 Å². The van der Waals surface area contributed by atoms with Gasteiger partial charge in [-0.15, -0.1) is 0 Å². The third-order valence-corrected chi connectivity index (χ3v) is 5.80. The van der Waals surface area contributed by atoms with Gasteiger partial charge in [-0.3, -0.25) is 4.90 Å². The van der Waals surface area contributed by atoms with Crippen molar-refractivity contribution < 1.29 is 12.8 Å². The lowest BCUT2D eigenvalue weighted by Gasteiger charge is -2.34. The van der Waals surface area contributed by atoms with Crippen LogP contribution in [0.25, 0.3) is 0 Å². The Balaban J connectivity index is 2.06. The Kier molecular flexibility index (Phi) is 5.40. The van der Waals surface area contributed by atoms with Gasteiger partial charge in [-0.05, 0) is 25.1 Å². The second kappa shape index (κ2) is 6.92. The largest absolute Gasteiger partial charge is 0.299 e. The molecule has 1 aromatic rings. The molecule has 0 saturated carbocycles. The van der Waals surface area contributed by atoms with Crippen LogP contribution in [0.1, 0.15) is 6.92 Å². The molecule has 0 N–H and O–H groups in total. The molecule has 1 heterocycles. The number of hydrogen-bond donors (Lipinski definition) is 0. The van der Waals surface area contributed by atoms with Gasteiger partial charge >= 0.3 is 0 Å². The van der Waals surface area contributed by atoms with Crippen LogP contribution in [0.4, 0.5) is 4.39 Å². The van der Waals surface area contributed by atoms with Crippen molar-refractivity contribution in [3.63, 3.8) is 0 Å². The highest BCUT2D eigenvalue weighted by Gasteiger charge is 2.29. The van der Waals surface area contributed by atoms with Crippen molar-refractivity contribution in [1.29, 1.82) is 5.26 Å². The average Bonchev–Trinajstić information content (AvgIpc) is 2.50. The predicted molar refractivity (Wildman–Crippen MR) is 81.4 cm³/mol. The lowest BCUT2D eigenvalue weighted by Crippen LogP contribution is -2.49. The number of benzene rings is 1. The maximum atomic E-state index is 13.2. The zero-order valence-corrected chi connectivity index (χ0v) is 13.7. The van der Waals surface area contributed by atoms with Crippen molar-refractivity contribution in [2.45, 2.75) is 11.8 Å². The fraction of sp³-hybridized carbons (Fsp3) is 0.500. The summed E-state index contributed by atoms with van der Waals surface area (Å²) in [6.45, 7) is 4.29. The molecule has 1 atom stereocenters. The number of halogens is 2. The topological polar surface area (TPSA) is 64.4 Å². The van der Waals surface area contributed by atoms with E-state index in [0.29, 0.717) is 32.7 Å². The highest BCUT2D eigenvalue weighted by molar-refractivity contribution is 7.89. The molecule has 1 saturated heterocycles. The van der Waals surface area contributed by atoms with Crippen molar-refractivity contribution in [3.05, 3.63) is 29.0 Å². The van der Waals surface area contributed by atoms with Gasteiger partial charge in [0.1, 0.15) is 5.82 Å². The summed E-state index contributed by atoms with van der Waals surface area (Å²) in [6.07, 6.45) is 0. The zero-order valence-electron chi connectivity index (χ0n) is 12.2. The minimum Gasteiger partial charge on any atom is -0.299 e. The highest BCUT2D eigenvalue weighted by atomic mass is 35.5. The smallest absolute Gasteiger partial charge is 0.243 e. The summed E-state index contributed by atoms with van der Waals surface area (Å²) in [6, 6.07) is 5.58. The maximum absolute atomic E-state index is 13.2. The van der Waals surface area contributed by atoms with Crippen molar-refractivity contribution in [3.8, 4) is 6.07 Å². The van der Waals surface area contributed by atoms with E-state index in [0.717, 1.165) is 12.1 Å². The van der Waals surface area contributed by atoms with Gasteiger partial charge in [0.15, 0.2) is 0 Å². The summed E-state index contributed by atoms with van der Waals surface area (Å²) in [5.74, 6) is -0.727. The number of nitriles is 1. The Morgan fingerprint density at radius 1 is 1.36 bits per heavy atom. The van der Waals surface area contributed by atoms with Gasteiger partial charge in [0.2, 0.25) is 10.0 Å². The Labute approximate surface area is 134 Å². The molecule has 1 aromatic carbocycles. The summed E-state index contributed by atoms with van der Waals surface area (Å²) in [5, 5.41) is 8.61. The van der Waals surface area contributed by atoms with E-state index in [9.17, 15) is 12.8 Å². The van der Waals surface area contributed by atoms with Gasteiger partial charge in [0.25, 0.3) is 0 Å². The molecule has 0 unspecified atom stereocenters. The van der Waals surface area contributed by atoms with E-state index in [2.05, 4.69) is 11.0 Å². The minimum absolute atomic E-state index is 0.00209.